The van der Waals surface area contributed by atoms with Gasteiger partial charge in [-0.15, -0.1) is 0 Å². The Hall–Kier alpha value is -1.07. The van der Waals surface area contributed by atoms with E-state index >= 15 is 0 Å². The molecule has 0 aliphatic carbocycles. The summed E-state index contributed by atoms with van der Waals surface area (Å²) in [7, 11) is 1.92. The second kappa shape index (κ2) is 4.55. The van der Waals surface area contributed by atoms with Crippen LogP contribution >= 0.6 is 0 Å². The molecule has 0 aromatic heterocycles. The number of nitrogens with zero attached hydrogens (tertiary/aromatic N) is 1. The Labute approximate surface area is 104 Å². The molecular weight excluding hydrogens is 243 g/mol. The molecule has 1 saturated heterocycles. The fourth-order valence-corrected chi connectivity index (χ4v) is 2.40. The molecule has 1 aliphatic rings. The Morgan fingerprint density at radius 2 is 1.89 bits per heavy atom. The second-order valence-electron chi connectivity index (χ2n) is 5.08. The maximum absolute atomic E-state index is 12.4. The Kier molecular flexibility index (Phi) is 3.38. The van der Waals surface area contributed by atoms with Crippen LogP contribution in [0.3, 0.4) is 0 Å². The fraction of sp³-hybridized carbons (Fsp3) is 0.538. The van der Waals surface area contributed by atoms with Crippen LogP contribution in [0.2, 0.25) is 0 Å². The molecule has 0 saturated carbocycles. The summed E-state index contributed by atoms with van der Waals surface area (Å²) in [5, 5.41) is 10.3. The molecule has 0 bridgehead atoms. The van der Waals surface area contributed by atoms with Crippen molar-refractivity contribution in [1.82, 2.24) is 4.90 Å². The van der Waals surface area contributed by atoms with Crippen LogP contribution in [0, 0.1) is 0 Å². The van der Waals surface area contributed by atoms with Crippen LogP contribution in [0.1, 0.15) is 17.5 Å². The standard InChI is InChI=1S/C13H16F3NO/c1-17-7-6-12(18,9-17)8-10-2-4-11(5-3-10)13(14,15)16/h2-5,18H,6-9H2,1H3. The van der Waals surface area contributed by atoms with Crippen LogP contribution < -0.4 is 0 Å². The number of rotatable bonds is 2. The third-order valence-electron chi connectivity index (χ3n) is 3.34. The minimum Gasteiger partial charge on any atom is -0.388 e. The highest BCUT2D eigenvalue weighted by atomic mass is 19.4. The van der Waals surface area contributed by atoms with E-state index in [-0.39, 0.29) is 0 Å². The third kappa shape index (κ3) is 3.03. The Morgan fingerprint density at radius 1 is 1.28 bits per heavy atom. The van der Waals surface area contributed by atoms with Gasteiger partial charge in [0.05, 0.1) is 11.2 Å². The van der Waals surface area contributed by atoms with Crippen molar-refractivity contribution in [2.45, 2.75) is 24.6 Å². The number of hydrogen-bond donors (Lipinski definition) is 1. The van der Waals surface area contributed by atoms with Crippen molar-refractivity contribution in [2.24, 2.45) is 0 Å². The molecule has 100 valence electrons. The summed E-state index contributed by atoms with van der Waals surface area (Å²) in [5.74, 6) is 0. The number of likely N-dealkylation sites (N-methyl/N-ethyl adjacent to an activating group) is 1. The highest BCUT2D eigenvalue weighted by molar-refractivity contribution is 5.26. The van der Waals surface area contributed by atoms with Gasteiger partial charge in [0.25, 0.3) is 0 Å². The van der Waals surface area contributed by atoms with Gasteiger partial charge >= 0.3 is 6.18 Å². The zero-order chi connectivity index (χ0) is 13.4. The van der Waals surface area contributed by atoms with Crippen LogP contribution in [0.5, 0.6) is 0 Å². The van der Waals surface area contributed by atoms with Crippen LogP contribution in [0.15, 0.2) is 24.3 Å². The van der Waals surface area contributed by atoms with Crippen molar-refractivity contribution in [2.75, 3.05) is 20.1 Å². The quantitative estimate of drug-likeness (QED) is 0.881. The molecule has 1 aromatic rings. The minimum atomic E-state index is -4.30. The second-order valence-corrected chi connectivity index (χ2v) is 5.08. The number of hydrogen-bond acceptors (Lipinski definition) is 2. The highest BCUT2D eigenvalue weighted by Gasteiger charge is 2.35. The van der Waals surface area contributed by atoms with Gasteiger partial charge in [0.2, 0.25) is 0 Å². The predicted octanol–water partition coefficient (Wildman–Crippen LogP) is 2.31. The topological polar surface area (TPSA) is 23.5 Å². The maximum Gasteiger partial charge on any atom is 0.416 e. The van der Waals surface area contributed by atoms with Gasteiger partial charge in [0, 0.05) is 19.5 Å². The van der Waals surface area contributed by atoms with Gasteiger partial charge < -0.3 is 10.0 Å². The average Bonchev–Trinajstić information content (AvgIpc) is 2.58. The summed E-state index contributed by atoms with van der Waals surface area (Å²) in [5.41, 5.74) is -0.725. The molecule has 0 amide bonds. The number of likely N-dealkylation sites (tertiary alicyclic amines) is 1. The Bertz CT molecular complexity index is 415. The lowest BCUT2D eigenvalue weighted by Crippen LogP contribution is -2.34. The third-order valence-corrected chi connectivity index (χ3v) is 3.34. The van der Waals surface area contributed by atoms with Crippen molar-refractivity contribution in [3.05, 3.63) is 35.4 Å². The lowest BCUT2D eigenvalue weighted by atomic mass is 9.93. The molecule has 1 aromatic carbocycles. The molecule has 2 nitrogen and oxygen atoms in total. The van der Waals surface area contributed by atoms with E-state index in [9.17, 15) is 18.3 Å². The van der Waals surface area contributed by atoms with Crippen molar-refractivity contribution >= 4 is 0 Å². The van der Waals surface area contributed by atoms with Gasteiger partial charge in [-0.2, -0.15) is 13.2 Å². The molecule has 1 atom stereocenters. The smallest absolute Gasteiger partial charge is 0.388 e. The summed E-state index contributed by atoms with van der Waals surface area (Å²) >= 11 is 0. The van der Waals surface area contributed by atoms with Crippen LogP contribution in [-0.2, 0) is 12.6 Å². The molecule has 1 heterocycles. The van der Waals surface area contributed by atoms with Gasteiger partial charge in [0.1, 0.15) is 0 Å². The van der Waals surface area contributed by atoms with E-state index in [1.807, 2.05) is 11.9 Å². The normalized spacial score (nSPS) is 25.6. The first-order chi connectivity index (χ1) is 8.28. The molecule has 1 N–H and O–H groups in total. The number of aliphatic hydroxyl groups is 1. The monoisotopic (exact) mass is 259 g/mol. The van der Waals surface area contributed by atoms with Gasteiger partial charge in [-0.25, -0.2) is 0 Å². The number of benzene rings is 1. The molecule has 0 radical (unpaired) electrons. The Morgan fingerprint density at radius 3 is 2.33 bits per heavy atom. The van der Waals surface area contributed by atoms with E-state index in [0.717, 1.165) is 24.2 Å². The largest absolute Gasteiger partial charge is 0.416 e. The fourth-order valence-electron chi connectivity index (χ4n) is 2.40. The first-order valence-corrected chi connectivity index (χ1v) is 5.86. The van der Waals surface area contributed by atoms with Gasteiger partial charge in [-0.3, -0.25) is 0 Å². The summed E-state index contributed by atoms with van der Waals surface area (Å²) < 4.78 is 37.2. The van der Waals surface area contributed by atoms with Crippen molar-refractivity contribution < 1.29 is 18.3 Å². The van der Waals surface area contributed by atoms with Gasteiger partial charge in [-0.05, 0) is 31.2 Å². The number of halogens is 3. The summed E-state index contributed by atoms with van der Waals surface area (Å²) in [6.07, 6.45) is -3.25. The predicted molar refractivity (Wildman–Crippen MR) is 62.2 cm³/mol. The SMILES string of the molecule is CN1CCC(O)(Cc2ccc(C(F)(F)F)cc2)C1. The average molecular weight is 259 g/mol. The van der Waals surface area contributed by atoms with Gasteiger partial charge in [0.15, 0.2) is 0 Å². The Balaban J connectivity index is 2.07. The number of β-amino-alcohol motifs (C(OH)–C–C–N with tert-alkyl or cyclic N) is 1. The van der Waals surface area contributed by atoms with Crippen molar-refractivity contribution in [3.8, 4) is 0 Å². The molecular formula is C13H16F3NO. The van der Waals surface area contributed by atoms with Crippen LogP contribution in [0.4, 0.5) is 13.2 Å². The summed E-state index contributed by atoms with van der Waals surface area (Å²) in [4.78, 5) is 2.02. The van der Waals surface area contributed by atoms with Crippen molar-refractivity contribution in [3.63, 3.8) is 0 Å². The van der Waals surface area contributed by atoms with Crippen LogP contribution in [0.25, 0.3) is 0 Å². The van der Waals surface area contributed by atoms with Gasteiger partial charge in [-0.1, -0.05) is 12.1 Å². The van der Waals surface area contributed by atoms with E-state index in [2.05, 4.69) is 0 Å². The van der Waals surface area contributed by atoms with Crippen LogP contribution in [-0.4, -0.2) is 35.7 Å². The number of alkyl halides is 3. The zero-order valence-electron chi connectivity index (χ0n) is 10.2. The minimum absolute atomic E-state index is 0.398. The summed E-state index contributed by atoms with van der Waals surface area (Å²) in [6.45, 7) is 1.38. The lowest BCUT2D eigenvalue weighted by Gasteiger charge is -2.22. The molecule has 1 aliphatic heterocycles. The maximum atomic E-state index is 12.4. The van der Waals surface area contributed by atoms with E-state index in [1.54, 1.807) is 0 Å². The molecule has 2 rings (SSSR count). The molecule has 0 spiro atoms. The molecule has 5 heteroatoms. The summed E-state index contributed by atoms with van der Waals surface area (Å²) in [6, 6.07) is 5.02. The van der Waals surface area contributed by atoms with Crippen molar-refractivity contribution in [1.29, 1.82) is 0 Å². The van der Waals surface area contributed by atoms with E-state index < -0.39 is 17.3 Å². The van der Waals surface area contributed by atoms with E-state index in [4.69, 9.17) is 0 Å². The highest BCUT2D eigenvalue weighted by Crippen LogP contribution is 2.30. The molecule has 1 unspecified atom stereocenters. The molecule has 18 heavy (non-hydrogen) atoms. The first kappa shape index (κ1) is 13.4. The lowest BCUT2D eigenvalue weighted by molar-refractivity contribution is -0.137. The zero-order valence-corrected chi connectivity index (χ0v) is 10.2. The van der Waals surface area contributed by atoms with E-state index in [0.29, 0.717) is 19.4 Å². The first-order valence-electron chi connectivity index (χ1n) is 5.86. The van der Waals surface area contributed by atoms with E-state index in [1.165, 1.54) is 12.1 Å². The molecule has 1 fully saturated rings.